The molecule has 10 heteroatoms. The Kier molecular flexibility index (Phi) is 8.05. The number of aromatic carboxylic acids is 4. The highest BCUT2D eigenvalue weighted by atomic mass is 16.5. The third kappa shape index (κ3) is 6.02. The van der Waals surface area contributed by atoms with E-state index in [0.29, 0.717) is 11.1 Å². The molecule has 204 valence electrons. The second-order valence-corrected chi connectivity index (χ2v) is 8.54. The molecule has 4 aromatic carbocycles. The number of carboxylic acid groups (broad SMARTS) is 4. The summed E-state index contributed by atoms with van der Waals surface area (Å²) in [6.45, 7) is 0. The van der Waals surface area contributed by atoms with Gasteiger partial charge in [-0.3, -0.25) is 4.79 Å². The summed E-state index contributed by atoms with van der Waals surface area (Å²) < 4.78 is 5.70. The molecule has 0 aromatic heterocycles. The Morgan fingerprint density at radius 3 is 1.76 bits per heavy atom. The van der Waals surface area contributed by atoms with E-state index in [-0.39, 0.29) is 28.4 Å². The predicted octanol–water partition coefficient (Wildman–Crippen LogP) is 5.83. The first-order valence-corrected chi connectivity index (χ1v) is 11.9. The van der Waals surface area contributed by atoms with Crippen LogP contribution in [0.1, 0.15) is 57.4 Å². The van der Waals surface area contributed by atoms with E-state index in [4.69, 9.17) is 4.74 Å². The fraction of sp³-hybridized carbons (Fsp3) is 0. The minimum Gasteiger partial charge on any atom is -0.478 e. The maximum atomic E-state index is 12.3. The number of rotatable bonds is 10. The van der Waals surface area contributed by atoms with E-state index >= 15 is 0 Å². The standard InChI is InChI=1S/C31H20O10/c32-23(18-5-2-1-3-6-18)15-11-17-9-12-19(13-10-17)41-24-16-14-21(26(30(37)38)27(24)31(39)40)20-7-4-8-22(28(33)34)25(20)29(35)36/h1-16H,(H,33,34)(H,35,36)(H,37,38)(H,39,40). The molecule has 10 nitrogen and oxygen atoms in total. The van der Waals surface area contributed by atoms with Gasteiger partial charge in [0.15, 0.2) is 5.78 Å². The van der Waals surface area contributed by atoms with Gasteiger partial charge in [0.2, 0.25) is 0 Å². The molecule has 0 aliphatic heterocycles. The zero-order chi connectivity index (χ0) is 29.7. The van der Waals surface area contributed by atoms with Gasteiger partial charge in [0.1, 0.15) is 17.1 Å². The number of hydrogen-bond donors (Lipinski definition) is 4. The van der Waals surface area contributed by atoms with Crippen LogP contribution in [0, 0.1) is 0 Å². The highest BCUT2D eigenvalue weighted by Gasteiger charge is 2.29. The van der Waals surface area contributed by atoms with Crippen LogP contribution in [0.3, 0.4) is 0 Å². The van der Waals surface area contributed by atoms with Gasteiger partial charge in [0.05, 0.1) is 16.7 Å². The third-order valence-corrected chi connectivity index (χ3v) is 5.99. The van der Waals surface area contributed by atoms with E-state index in [1.165, 1.54) is 30.3 Å². The Balaban J connectivity index is 1.72. The summed E-state index contributed by atoms with van der Waals surface area (Å²) in [5.41, 5.74) is -2.26. The lowest BCUT2D eigenvalue weighted by Gasteiger charge is -2.16. The molecule has 0 bridgehead atoms. The van der Waals surface area contributed by atoms with Crippen LogP contribution in [-0.2, 0) is 0 Å². The maximum absolute atomic E-state index is 12.3. The van der Waals surface area contributed by atoms with Gasteiger partial charge in [0.25, 0.3) is 0 Å². The van der Waals surface area contributed by atoms with Gasteiger partial charge in [0, 0.05) is 5.56 Å². The second kappa shape index (κ2) is 11.8. The van der Waals surface area contributed by atoms with Gasteiger partial charge in [-0.25, -0.2) is 19.2 Å². The fourth-order valence-electron chi connectivity index (χ4n) is 4.16. The molecule has 0 saturated carbocycles. The molecule has 0 fully saturated rings. The Bertz CT molecular complexity index is 1720. The first-order valence-electron chi connectivity index (χ1n) is 11.9. The summed E-state index contributed by atoms with van der Waals surface area (Å²) in [6, 6.07) is 20.6. The van der Waals surface area contributed by atoms with Gasteiger partial charge in [-0.15, -0.1) is 0 Å². The van der Waals surface area contributed by atoms with Crippen molar-refractivity contribution in [2.75, 3.05) is 0 Å². The lowest BCUT2D eigenvalue weighted by atomic mass is 9.89. The molecule has 4 N–H and O–H groups in total. The van der Waals surface area contributed by atoms with Gasteiger partial charge in [-0.2, -0.15) is 0 Å². The molecule has 0 radical (unpaired) electrons. The lowest BCUT2D eigenvalue weighted by Crippen LogP contribution is -2.14. The van der Waals surface area contributed by atoms with E-state index in [1.54, 1.807) is 48.5 Å². The summed E-state index contributed by atoms with van der Waals surface area (Å²) in [4.78, 5) is 60.3. The minimum atomic E-state index is -1.69. The van der Waals surface area contributed by atoms with E-state index < -0.39 is 46.1 Å². The van der Waals surface area contributed by atoms with Crippen molar-refractivity contribution in [1.29, 1.82) is 0 Å². The van der Waals surface area contributed by atoms with Gasteiger partial charge in [-0.1, -0.05) is 60.7 Å². The van der Waals surface area contributed by atoms with Gasteiger partial charge < -0.3 is 25.2 Å². The number of benzene rings is 4. The van der Waals surface area contributed by atoms with Crippen molar-refractivity contribution >= 4 is 35.7 Å². The first-order chi connectivity index (χ1) is 19.6. The van der Waals surface area contributed by atoms with Crippen molar-refractivity contribution < 1.29 is 49.1 Å². The number of ether oxygens (including phenoxy) is 1. The largest absolute Gasteiger partial charge is 0.478 e. The first kappa shape index (κ1) is 28.0. The molecule has 41 heavy (non-hydrogen) atoms. The van der Waals surface area contributed by atoms with Crippen molar-refractivity contribution in [3.63, 3.8) is 0 Å². The monoisotopic (exact) mass is 552 g/mol. The topological polar surface area (TPSA) is 176 Å². The molecular weight excluding hydrogens is 532 g/mol. The quantitative estimate of drug-likeness (QED) is 0.138. The van der Waals surface area contributed by atoms with Crippen molar-refractivity contribution in [3.8, 4) is 22.6 Å². The highest BCUT2D eigenvalue weighted by molar-refractivity contribution is 6.12. The molecule has 0 aliphatic rings. The molecule has 0 aliphatic carbocycles. The molecule has 0 atom stereocenters. The third-order valence-electron chi connectivity index (χ3n) is 5.99. The summed E-state index contributed by atoms with van der Waals surface area (Å²) in [5.74, 6) is -6.92. The molecule has 0 heterocycles. The zero-order valence-corrected chi connectivity index (χ0v) is 21.0. The molecule has 4 rings (SSSR count). The van der Waals surface area contributed by atoms with Crippen LogP contribution < -0.4 is 4.74 Å². The number of allylic oxidation sites excluding steroid dienone is 1. The fourth-order valence-corrected chi connectivity index (χ4v) is 4.16. The molecule has 0 saturated heterocycles. The van der Waals surface area contributed by atoms with Crippen LogP contribution >= 0.6 is 0 Å². The summed E-state index contributed by atoms with van der Waals surface area (Å²) >= 11 is 0. The number of hydrogen-bond acceptors (Lipinski definition) is 6. The van der Waals surface area contributed by atoms with Crippen molar-refractivity contribution in [1.82, 2.24) is 0 Å². The Morgan fingerprint density at radius 2 is 1.17 bits per heavy atom. The average molecular weight is 552 g/mol. The maximum Gasteiger partial charge on any atom is 0.340 e. The van der Waals surface area contributed by atoms with Crippen LogP contribution in [-0.4, -0.2) is 50.1 Å². The average Bonchev–Trinajstić information content (AvgIpc) is 2.96. The Hall–Kier alpha value is -6.03. The van der Waals surface area contributed by atoms with Crippen LogP contribution in [0.2, 0.25) is 0 Å². The number of ketones is 1. The summed E-state index contributed by atoms with van der Waals surface area (Å²) in [5, 5.41) is 39.0. The predicted molar refractivity (Wildman–Crippen MR) is 146 cm³/mol. The van der Waals surface area contributed by atoms with Crippen molar-refractivity contribution in [3.05, 3.63) is 124 Å². The summed E-state index contributed by atoms with van der Waals surface area (Å²) in [7, 11) is 0. The minimum absolute atomic E-state index is 0.155. The smallest absolute Gasteiger partial charge is 0.340 e. The number of carbonyl (C=O) groups excluding carboxylic acids is 1. The SMILES string of the molecule is O=C(C=Cc1ccc(Oc2ccc(-c3cccc(C(=O)O)c3C(=O)O)c(C(=O)O)c2C(=O)O)cc1)c1ccccc1. The Morgan fingerprint density at radius 1 is 0.561 bits per heavy atom. The molecule has 0 amide bonds. The highest BCUT2D eigenvalue weighted by Crippen LogP contribution is 2.37. The molecule has 4 aromatic rings. The van der Waals surface area contributed by atoms with E-state index in [0.717, 1.165) is 18.2 Å². The van der Waals surface area contributed by atoms with E-state index in [9.17, 15) is 44.4 Å². The van der Waals surface area contributed by atoms with Crippen molar-refractivity contribution in [2.45, 2.75) is 0 Å². The lowest BCUT2D eigenvalue weighted by molar-refractivity contribution is 0.0648. The van der Waals surface area contributed by atoms with Gasteiger partial charge >= 0.3 is 23.9 Å². The normalized spacial score (nSPS) is 10.7. The second-order valence-electron chi connectivity index (χ2n) is 8.54. The van der Waals surface area contributed by atoms with Crippen LogP contribution in [0.5, 0.6) is 11.5 Å². The van der Waals surface area contributed by atoms with Crippen LogP contribution in [0.25, 0.3) is 17.2 Å². The molecule has 0 spiro atoms. The zero-order valence-electron chi connectivity index (χ0n) is 21.0. The molecule has 0 unspecified atom stereocenters. The number of carbonyl (C=O) groups is 5. The Labute approximate surface area is 232 Å². The number of carboxylic acids is 4. The van der Waals surface area contributed by atoms with Crippen LogP contribution in [0.15, 0.2) is 91.0 Å². The van der Waals surface area contributed by atoms with Crippen molar-refractivity contribution in [2.24, 2.45) is 0 Å². The van der Waals surface area contributed by atoms with E-state index in [2.05, 4.69) is 0 Å². The van der Waals surface area contributed by atoms with E-state index in [1.807, 2.05) is 0 Å². The molecular formula is C31H20O10. The van der Waals surface area contributed by atoms with Gasteiger partial charge in [-0.05, 0) is 53.1 Å². The van der Waals surface area contributed by atoms with Crippen LogP contribution in [0.4, 0.5) is 0 Å². The summed E-state index contributed by atoms with van der Waals surface area (Å²) in [6.07, 6.45) is 2.99.